The van der Waals surface area contributed by atoms with E-state index in [-0.39, 0.29) is 0 Å². The van der Waals surface area contributed by atoms with Crippen LogP contribution in [0.2, 0.25) is 0 Å². The van der Waals surface area contributed by atoms with Crippen molar-refractivity contribution in [3.05, 3.63) is 83.7 Å². The third kappa shape index (κ3) is 4.38. The molecule has 2 aromatic heterocycles. The number of rotatable bonds is 7. The van der Waals surface area contributed by atoms with Gasteiger partial charge in [0.2, 0.25) is 5.88 Å². The van der Waals surface area contributed by atoms with Gasteiger partial charge in [-0.25, -0.2) is 9.67 Å². The van der Waals surface area contributed by atoms with Crippen molar-refractivity contribution in [2.24, 2.45) is 0 Å². The Bertz CT molecular complexity index is 1120. The van der Waals surface area contributed by atoms with Crippen LogP contribution in [0.25, 0.3) is 16.9 Å². The van der Waals surface area contributed by atoms with Crippen LogP contribution in [0.4, 0.5) is 0 Å². The second kappa shape index (κ2) is 8.86. The van der Waals surface area contributed by atoms with Gasteiger partial charge in [0.1, 0.15) is 6.33 Å². The lowest BCUT2D eigenvalue weighted by Gasteiger charge is -2.14. The molecule has 0 unspecified atom stereocenters. The summed E-state index contributed by atoms with van der Waals surface area (Å²) in [5.74, 6) is 1.07. The largest absolute Gasteiger partial charge is 0.477 e. The van der Waals surface area contributed by atoms with Gasteiger partial charge in [0.05, 0.1) is 18.0 Å². The van der Waals surface area contributed by atoms with E-state index in [9.17, 15) is 0 Å². The molecular formula is C24H25N5O. The predicted octanol–water partition coefficient (Wildman–Crippen LogP) is 4.78. The number of aromatic nitrogens is 5. The lowest BCUT2D eigenvalue weighted by molar-refractivity contribution is 0.309. The molecule has 2 heterocycles. The molecule has 0 aliphatic rings. The summed E-state index contributed by atoms with van der Waals surface area (Å²) in [7, 11) is 0. The van der Waals surface area contributed by atoms with Crippen LogP contribution >= 0.6 is 0 Å². The minimum Gasteiger partial charge on any atom is -0.477 e. The van der Waals surface area contributed by atoms with Crippen LogP contribution in [0.1, 0.15) is 36.5 Å². The van der Waals surface area contributed by atoms with Crippen LogP contribution in [0.15, 0.2) is 67.0 Å². The number of ether oxygens (including phenoxy) is 1. The van der Waals surface area contributed by atoms with Crippen LogP contribution in [0, 0.1) is 6.92 Å². The minimum atomic E-state index is 0.427. The Morgan fingerprint density at radius 2 is 1.80 bits per heavy atom. The summed E-state index contributed by atoms with van der Waals surface area (Å²) in [4.78, 5) is 4.79. The van der Waals surface area contributed by atoms with Crippen LogP contribution in [-0.2, 0) is 6.42 Å². The Kier molecular flexibility index (Phi) is 5.84. The van der Waals surface area contributed by atoms with Gasteiger partial charge in [0, 0.05) is 18.1 Å². The molecule has 6 nitrogen and oxygen atoms in total. The highest BCUT2D eigenvalue weighted by Gasteiger charge is 2.11. The van der Waals surface area contributed by atoms with Crippen molar-refractivity contribution < 1.29 is 4.74 Å². The second-order valence-electron chi connectivity index (χ2n) is 7.59. The summed E-state index contributed by atoms with van der Waals surface area (Å²) in [5, 5.41) is 11.4. The molecular weight excluding hydrogens is 374 g/mol. The van der Waals surface area contributed by atoms with Crippen molar-refractivity contribution in [2.45, 2.75) is 33.1 Å². The van der Waals surface area contributed by atoms with E-state index in [2.05, 4.69) is 72.7 Å². The topological polar surface area (TPSA) is 65.7 Å². The van der Waals surface area contributed by atoms with Gasteiger partial charge in [-0.1, -0.05) is 56.3 Å². The van der Waals surface area contributed by atoms with E-state index in [1.165, 1.54) is 5.56 Å². The van der Waals surface area contributed by atoms with Crippen molar-refractivity contribution in [1.29, 1.82) is 0 Å². The summed E-state index contributed by atoms with van der Waals surface area (Å²) < 4.78 is 7.72. The zero-order chi connectivity index (χ0) is 20.9. The Morgan fingerprint density at radius 3 is 2.60 bits per heavy atom. The number of para-hydroxylation sites is 1. The Morgan fingerprint density at radius 1 is 1.00 bits per heavy atom. The first-order valence-corrected chi connectivity index (χ1v) is 10.1. The molecule has 0 aliphatic heterocycles. The first kappa shape index (κ1) is 19.8. The Balaban J connectivity index is 1.52. The van der Waals surface area contributed by atoms with Crippen molar-refractivity contribution in [2.75, 3.05) is 6.61 Å². The molecule has 0 bridgehead atoms. The summed E-state index contributed by atoms with van der Waals surface area (Å²) in [6, 6.07) is 20.6. The minimum absolute atomic E-state index is 0.427. The van der Waals surface area contributed by atoms with Gasteiger partial charge in [-0.05, 0) is 52.1 Å². The molecule has 0 N–H and O–H groups in total. The van der Waals surface area contributed by atoms with E-state index in [0.29, 0.717) is 18.4 Å². The molecule has 0 saturated heterocycles. The van der Waals surface area contributed by atoms with E-state index in [1.807, 2.05) is 24.3 Å². The SMILES string of the molecule is Cc1cc(OCCc2ccccc2-n2cnnn2)nc(-c2ccccc2C(C)C)c1. The van der Waals surface area contributed by atoms with Gasteiger partial charge >= 0.3 is 0 Å². The fourth-order valence-corrected chi connectivity index (χ4v) is 3.56. The molecule has 0 atom stereocenters. The van der Waals surface area contributed by atoms with E-state index in [1.54, 1.807) is 11.0 Å². The van der Waals surface area contributed by atoms with E-state index >= 15 is 0 Å². The first-order chi connectivity index (χ1) is 14.6. The fourth-order valence-electron chi connectivity index (χ4n) is 3.56. The van der Waals surface area contributed by atoms with E-state index in [0.717, 1.165) is 34.5 Å². The normalized spacial score (nSPS) is 11.1. The van der Waals surface area contributed by atoms with Crippen molar-refractivity contribution in [3.8, 4) is 22.8 Å². The van der Waals surface area contributed by atoms with Gasteiger partial charge in [-0.15, -0.1) is 5.10 Å². The molecule has 4 aromatic rings. The lowest BCUT2D eigenvalue weighted by atomic mass is 9.95. The number of benzene rings is 2. The number of nitrogens with zero attached hydrogens (tertiary/aromatic N) is 5. The van der Waals surface area contributed by atoms with Gasteiger partial charge < -0.3 is 4.74 Å². The van der Waals surface area contributed by atoms with E-state index < -0.39 is 0 Å². The van der Waals surface area contributed by atoms with Gasteiger partial charge in [0.25, 0.3) is 0 Å². The maximum atomic E-state index is 6.05. The van der Waals surface area contributed by atoms with Crippen LogP contribution in [-0.4, -0.2) is 31.8 Å². The molecule has 0 aliphatic carbocycles. The Labute approximate surface area is 176 Å². The number of hydrogen-bond donors (Lipinski definition) is 0. The first-order valence-electron chi connectivity index (χ1n) is 10.1. The standard InChI is InChI=1S/C24H25N5O/c1-17(2)20-9-5-6-10-21(20)22-14-18(3)15-24(26-22)30-13-12-19-8-4-7-11-23(19)29-16-25-27-28-29/h4-11,14-17H,12-13H2,1-3H3. The smallest absolute Gasteiger partial charge is 0.214 e. The predicted molar refractivity (Wildman–Crippen MR) is 117 cm³/mol. The molecule has 2 aromatic carbocycles. The molecule has 0 amide bonds. The van der Waals surface area contributed by atoms with Gasteiger partial charge in [-0.2, -0.15) is 0 Å². The van der Waals surface area contributed by atoms with Crippen molar-refractivity contribution in [3.63, 3.8) is 0 Å². The monoisotopic (exact) mass is 399 g/mol. The summed E-state index contributed by atoms with van der Waals surface area (Å²) in [6.07, 6.45) is 2.32. The molecule has 30 heavy (non-hydrogen) atoms. The quantitative estimate of drug-likeness (QED) is 0.447. The average molecular weight is 399 g/mol. The van der Waals surface area contributed by atoms with Crippen molar-refractivity contribution in [1.82, 2.24) is 25.2 Å². The highest BCUT2D eigenvalue weighted by Crippen LogP contribution is 2.29. The maximum absolute atomic E-state index is 6.05. The number of aryl methyl sites for hydroxylation is 1. The van der Waals surface area contributed by atoms with Crippen LogP contribution in [0.5, 0.6) is 5.88 Å². The zero-order valence-electron chi connectivity index (χ0n) is 17.5. The fraction of sp³-hybridized carbons (Fsp3) is 0.250. The third-order valence-corrected chi connectivity index (χ3v) is 5.01. The summed E-state index contributed by atoms with van der Waals surface area (Å²) in [6.45, 7) is 6.99. The summed E-state index contributed by atoms with van der Waals surface area (Å²) >= 11 is 0. The maximum Gasteiger partial charge on any atom is 0.214 e. The summed E-state index contributed by atoms with van der Waals surface area (Å²) in [5.41, 5.74) is 6.59. The van der Waals surface area contributed by atoms with Crippen LogP contribution in [0.3, 0.4) is 0 Å². The highest BCUT2D eigenvalue weighted by atomic mass is 16.5. The molecule has 6 heteroatoms. The zero-order valence-corrected chi connectivity index (χ0v) is 17.5. The lowest BCUT2D eigenvalue weighted by Crippen LogP contribution is -2.07. The molecule has 0 fully saturated rings. The number of tetrazole rings is 1. The molecule has 0 radical (unpaired) electrons. The van der Waals surface area contributed by atoms with Crippen LogP contribution < -0.4 is 4.74 Å². The van der Waals surface area contributed by atoms with Crippen molar-refractivity contribution >= 4 is 0 Å². The highest BCUT2D eigenvalue weighted by molar-refractivity contribution is 5.65. The van der Waals surface area contributed by atoms with E-state index in [4.69, 9.17) is 9.72 Å². The average Bonchev–Trinajstić information content (AvgIpc) is 3.28. The number of pyridine rings is 1. The molecule has 152 valence electrons. The Hall–Kier alpha value is -3.54. The number of hydrogen-bond acceptors (Lipinski definition) is 5. The molecule has 0 saturated carbocycles. The molecule has 4 rings (SSSR count). The van der Waals surface area contributed by atoms with Gasteiger partial charge in [-0.3, -0.25) is 0 Å². The van der Waals surface area contributed by atoms with Gasteiger partial charge in [0.15, 0.2) is 0 Å². The third-order valence-electron chi connectivity index (χ3n) is 5.01. The second-order valence-corrected chi connectivity index (χ2v) is 7.59. The molecule has 0 spiro atoms.